The largest absolute Gasteiger partial charge is 0.496 e. The van der Waals surface area contributed by atoms with Crippen LogP contribution in [0.2, 0.25) is 0 Å². The lowest BCUT2D eigenvalue weighted by molar-refractivity contribution is 0.0358. The maximum atomic E-state index is 11.8. The average molecular weight is 456 g/mol. The van der Waals surface area contributed by atoms with Crippen molar-refractivity contribution in [1.29, 1.82) is 0 Å². The van der Waals surface area contributed by atoms with Gasteiger partial charge in [-0.1, -0.05) is 6.07 Å². The van der Waals surface area contributed by atoms with Crippen molar-refractivity contribution < 1.29 is 28.5 Å². The highest BCUT2D eigenvalue weighted by molar-refractivity contribution is 5.92. The number of carbonyl (C=O) groups is 1. The van der Waals surface area contributed by atoms with Crippen LogP contribution in [-0.4, -0.2) is 74.3 Å². The smallest absolute Gasteiger partial charge is 0.337 e. The van der Waals surface area contributed by atoms with E-state index in [0.29, 0.717) is 35.3 Å². The molecular weight excluding hydrogens is 426 g/mol. The normalized spacial score (nSPS) is 14.3. The Morgan fingerprint density at radius 2 is 1.94 bits per heavy atom. The Labute approximate surface area is 192 Å². The van der Waals surface area contributed by atoms with Gasteiger partial charge in [-0.05, 0) is 24.6 Å². The Morgan fingerprint density at radius 1 is 1.12 bits per heavy atom. The average Bonchev–Trinajstić information content (AvgIpc) is 3.16. The SMILES string of the molecule is COC(=O)c1cccc(Oc2nn(C)c3cc(OCCCN4CCOCC4)cc(OC)c23)c1. The molecule has 9 nitrogen and oxygen atoms in total. The second-order valence-electron chi connectivity index (χ2n) is 7.73. The topological polar surface area (TPSA) is 84.3 Å². The first kappa shape index (κ1) is 22.9. The lowest BCUT2D eigenvalue weighted by Crippen LogP contribution is -2.37. The molecule has 1 fully saturated rings. The van der Waals surface area contributed by atoms with Gasteiger partial charge in [-0.15, -0.1) is 5.10 Å². The van der Waals surface area contributed by atoms with Crippen molar-refractivity contribution >= 4 is 16.9 Å². The molecule has 0 saturated carbocycles. The molecule has 0 spiro atoms. The van der Waals surface area contributed by atoms with Gasteiger partial charge in [0.05, 0.1) is 45.1 Å². The van der Waals surface area contributed by atoms with Gasteiger partial charge in [-0.3, -0.25) is 9.58 Å². The van der Waals surface area contributed by atoms with Crippen LogP contribution in [0, 0.1) is 0 Å². The van der Waals surface area contributed by atoms with E-state index in [1.807, 2.05) is 19.2 Å². The minimum atomic E-state index is -0.431. The monoisotopic (exact) mass is 455 g/mol. The second kappa shape index (κ2) is 10.5. The van der Waals surface area contributed by atoms with Crippen molar-refractivity contribution in [3.8, 4) is 23.1 Å². The van der Waals surface area contributed by atoms with E-state index in [2.05, 4.69) is 10.00 Å². The highest BCUT2D eigenvalue weighted by Crippen LogP contribution is 2.39. The van der Waals surface area contributed by atoms with Crippen molar-refractivity contribution in [3.63, 3.8) is 0 Å². The highest BCUT2D eigenvalue weighted by Gasteiger charge is 2.19. The number of morpholine rings is 1. The van der Waals surface area contributed by atoms with Gasteiger partial charge < -0.3 is 23.7 Å². The van der Waals surface area contributed by atoms with Crippen molar-refractivity contribution in [2.24, 2.45) is 7.05 Å². The van der Waals surface area contributed by atoms with Crippen molar-refractivity contribution in [3.05, 3.63) is 42.0 Å². The molecule has 1 aliphatic rings. The van der Waals surface area contributed by atoms with E-state index in [9.17, 15) is 4.79 Å². The summed E-state index contributed by atoms with van der Waals surface area (Å²) in [6, 6.07) is 10.5. The van der Waals surface area contributed by atoms with Gasteiger partial charge in [-0.2, -0.15) is 0 Å². The van der Waals surface area contributed by atoms with E-state index in [1.54, 1.807) is 36.1 Å². The van der Waals surface area contributed by atoms with Crippen LogP contribution in [0.5, 0.6) is 23.1 Å². The van der Waals surface area contributed by atoms with Gasteiger partial charge in [0.2, 0.25) is 5.88 Å². The number of hydrogen-bond donors (Lipinski definition) is 0. The van der Waals surface area contributed by atoms with E-state index in [1.165, 1.54) is 7.11 Å². The van der Waals surface area contributed by atoms with Crippen LogP contribution in [0.4, 0.5) is 0 Å². The molecule has 0 bridgehead atoms. The Morgan fingerprint density at radius 3 is 2.70 bits per heavy atom. The first-order valence-electron chi connectivity index (χ1n) is 10.9. The molecule has 0 amide bonds. The first-order valence-corrected chi connectivity index (χ1v) is 10.9. The van der Waals surface area contributed by atoms with Gasteiger partial charge in [0.1, 0.15) is 22.6 Å². The summed E-state index contributed by atoms with van der Waals surface area (Å²) in [4.78, 5) is 14.2. The highest BCUT2D eigenvalue weighted by atomic mass is 16.5. The zero-order valence-electron chi connectivity index (χ0n) is 19.2. The summed E-state index contributed by atoms with van der Waals surface area (Å²) in [7, 11) is 4.78. The van der Waals surface area contributed by atoms with Gasteiger partial charge in [0.25, 0.3) is 0 Å². The first-order chi connectivity index (χ1) is 16.1. The second-order valence-corrected chi connectivity index (χ2v) is 7.73. The third kappa shape index (κ3) is 5.37. The number of ether oxygens (including phenoxy) is 5. The molecule has 1 saturated heterocycles. The number of carbonyl (C=O) groups excluding carboxylic acids is 1. The molecule has 0 aliphatic carbocycles. The van der Waals surface area contributed by atoms with Gasteiger partial charge >= 0.3 is 5.97 Å². The lowest BCUT2D eigenvalue weighted by atomic mass is 10.2. The minimum Gasteiger partial charge on any atom is -0.496 e. The van der Waals surface area contributed by atoms with E-state index in [-0.39, 0.29) is 0 Å². The van der Waals surface area contributed by atoms with E-state index in [4.69, 9.17) is 23.7 Å². The molecule has 9 heteroatoms. The van der Waals surface area contributed by atoms with Gasteiger partial charge in [-0.25, -0.2) is 4.79 Å². The van der Waals surface area contributed by atoms with Gasteiger partial charge in [0, 0.05) is 38.8 Å². The summed E-state index contributed by atoms with van der Waals surface area (Å²) >= 11 is 0. The molecular formula is C24H29N3O6. The molecule has 0 atom stereocenters. The maximum Gasteiger partial charge on any atom is 0.337 e. The number of fused-ring (bicyclic) bond motifs is 1. The van der Waals surface area contributed by atoms with Crippen LogP contribution in [0.3, 0.4) is 0 Å². The third-order valence-corrected chi connectivity index (χ3v) is 5.54. The minimum absolute atomic E-state index is 0.380. The number of esters is 1. The number of aromatic nitrogens is 2. The molecule has 2 heterocycles. The Kier molecular flexibility index (Phi) is 7.31. The van der Waals surface area contributed by atoms with Crippen molar-refractivity contribution in [2.75, 3.05) is 53.7 Å². The number of benzene rings is 2. The van der Waals surface area contributed by atoms with E-state index < -0.39 is 5.97 Å². The number of methoxy groups -OCH3 is 2. The fourth-order valence-corrected chi connectivity index (χ4v) is 3.82. The molecule has 0 radical (unpaired) electrons. The lowest BCUT2D eigenvalue weighted by Gasteiger charge is -2.26. The fourth-order valence-electron chi connectivity index (χ4n) is 3.82. The standard InChI is InChI=1S/C24H29N3O6/c1-26-20-15-19(32-11-5-8-27-9-12-31-13-10-27)16-21(29-2)22(20)23(25-26)33-18-7-4-6-17(14-18)24(28)30-3/h4,6-7,14-16H,5,8-13H2,1-3H3. The summed E-state index contributed by atoms with van der Waals surface area (Å²) in [6.45, 7) is 5.13. The summed E-state index contributed by atoms with van der Waals surface area (Å²) < 4.78 is 29.6. The van der Waals surface area contributed by atoms with Crippen LogP contribution in [0.25, 0.3) is 10.9 Å². The molecule has 2 aromatic carbocycles. The maximum absolute atomic E-state index is 11.8. The van der Waals surface area contributed by atoms with Crippen LogP contribution >= 0.6 is 0 Å². The zero-order chi connectivity index (χ0) is 23.2. The molecule has 0 unspecified atom stereocenters. The summed E-state index contributed by atoms with van der Waals surface area (Å²) in [5.74, 6) is 1.74. The third-order valence-electron chi connectivity index (χ3n) is 5.54. The molecule has 3 aromatic rings. The fraction of sp³-hybridized carbons (Fsp3) is 0.417. The van der Waals surface area contributed by atoms with Crippen molar-refractivity contribution in [1.82, 2.24) is 14.7 Å². The number of hydrogen-bond acceptors (Lipinski definition) is 8. The number of nitrogens with zero attached hydrogens (tertiary/aromatic N) is 3. The predicted molar refractivity (Wildman–Crippen MR) is 122 cm³/mol. The predicted octanol–water partition coefficient (Wildman–Crippen LogP) is 3.26. The Balaban J connectivity index is 1.50. The summed E-state index contributed by atoms with van der Waals surface area (Å²) in [5.41, 5.74) is 1.21. The molecule has 176 valence electrons. The molecule has 1 aromatic heterocycles. The molecule has 1 aliphatic heterocycles. The summed E-state index contributed by atoms with van der Waals surface area (Å²) in [6.07, 6.45) is 0.927. The van der Waals surface area contributed by atoms with Crippen LogP contribution < -0.4 is 14.2 Å². The van der Waals surface area contributed by atoms with Crippen LogP contribution in [-0.2, 0) is 16.5 Å². The van der Waals surface area contributed by atoms with E-state index in [0.717, 1.165) is 50.2 Å². The van der Waals surface area contributed by atoms with Crippen molar-refractivity contribution in [2.45, 2.75) is 6.42 Å². The quantitative estimate of drug-likeness (QED) is 0.359. The number of rotatable bonds is 9. The van der Waals surface area contributed by atoms with Gasteiger partial charge in [0.15, 0.2) is 0 Å². The van der Waals surface area contributed by atoms with E-state index >= 15 is 0 Å². The Bertz CT molecular complexity index is 1110. The Hall–Kier alpha value is -3.30. The molecule has 4 rings (SSSR count). The molecule has 0 N–H and O–H groups in total. The zero-order valence-corrected chi connectivity index (χ0v) is 19.2. The summed E-state index contributed by atoms with van der Waals surface area (Å²) in [5, 5.41) is 5.24. The van der Waals surface area contributed by atoms with Crippen LogP contribution in [0.1, 0.15) is 16.8 Å². The van der Waals surface area contributed by atoms with Crippen LogP contribution in [0.15, 0.2) is 36.4 Å². The number of aryl methyl sites for hydroxylation is 1. The molecule has 33 heavy (non-hydrogen) atoms.